The van der Waals surface area contributed by atoms with Crippen LogP contribution < -0.4 is 5.32 Å². The summed E-state index contributed by atoms with van der Waals surface area (Å²) < 4.78 is 0. The average molecular weight is 451 g/mol. The van der Waals surface area contributed by atoms with Crippen LogP contribution in [0, 0.1) is 0 Å². The van der Waals surface area contributed by atoms with Gasteiger partial charge in [0.2, 0.25) is 11.9 Å². The van der Waals surface area contributed by atoms with Gasteiger partial charge in [-0.1, -0.05) is 36.4 Å². The summed E-state index contributed by atoms with van der Waals surface area (Å²) in [6.45, 7) is 6.96. The minimum atomic E-state index is 0.0292. The van der Waals surface area contributed by atoms with E-state index in [4.69, 9.17) is 16.6 Å². The number of rotatable bonds is 5. The zero-order valence-corrected chi connectivity index (χ0v) is 18.7. The fraction of sp³-hybridized carbons (Fsp3) is 0.375. The Labute approximate surface area is 192 Å². The summed E-state index contributed by atoms with van der Waals surface area (Å²) in [5.41, 5.74) is 2.77. The molecule has 5 rings (SSSR count). The van der Waals surface area contributed by atoms with Crippen LogP contribution in [-0.2, 0) is 4.79 Å². The molecule has 0 unspecified atom stereocenters. The van der Waals surface area contributed by atoms with Gasteiger partial charge in [0.25, 0.3) is 0 Å². The van der Waals surface area contributed by atoms with Crippen LogP contribution in [0.25, 0.3) is 22.2 Å². The molecule has 166 valence electrons. The van der Waals surface area contributed by atoms with Crippen LogP contribution in [0.5, 0.6) is 0 Å². The van der Waals surface area contributed by atoms with Gasteiger partial charge in [0, 0.05) is 60.9 Å². The Hall–Kier alpha value is -2.90. The third kappa shape index (κ3) is 4.10. The molecule has 32 heavy (non-hydrogen) atoms. The Morgan fingerprint density at radius 3 is 2.84 bits per heavy atom. The molecular weight excluding hydrogens is 424 g/mol. The Balaban J connectivity index is 1.24. The lowest BCUT2D eigenvalue weighted by molar-refractivity contribution is -0.128. The fourth-order valence-electron chi connectivity index (χ4n) is 4.93. The first-order valence-electron chi connectivity index (χ1n) is 11.1. The quantitative estimate of drug-likeness (QED) is 0.576. The fourth-order valence-corrected chi connectivity index (χ4v) is 5.13. The zero-order valence-electron chi connectivity index (χ0n) is 17.9. The molecule has 0 bridgehead atoms. The van der Waals surface area contributed by atoms with Gasteiger partial charge >= 0.3 is 0 Å². The molecule has 2 aromatic heterocycles. The van der Waals surface area contributed by atoms with E-state index in [9.17, 15) is 4.79 Å². The van der Waals surface area contributed by atoms with Crippen LogP contribution >= 0.6 is 11.6 Å². The number of anilines is 1. The number of hydrogen-bond acceptors (Lipinski definition) is 5. The van der Waals surface area contributed by atoms with Crippen molar-refractivity contribution in [2.24, 2.45) is 0 Å². The molecule has 2 fully saturated rings. The number of carbonyl (C=O) groups excluding carboxylic acids is 1. The largest absolute Gasteiger partial charge is 0.360 e. The number of nitrogens with zero attached hydrogens (tertiary/aromatic N) is 4. The number of hydrogen-bond donors (Lipinski definition) is 2. The number of aromatic nitrogens is 3. The molecule has 0 spiro atoms. The summed E-state index contributed by atoms with van der Waals surface area (Å²) in [5, 5.41) is 5.16. The maximum Gasteiger partial charge on any atom is 0.246 e. The van der Waals surface area contributed by atoms with Gasteiger partial charge in [-0.2, -0.15) is 0 Å². The Morgan fingerprint density at radius 1 is 1.22 bits per heavy atom. The second-order valence-electron chi connectivity index (χ2n) is 8.51. The first kappa shape index (κ1) is 21.0. The van der Waals surface area contributed by atoms with Gasteiger partial charge in [0.15, 0.2) is 0 Å². The third-order valence-corrected chi connectivity index (χ3v) is 6.92. The molecule has 1 amide bonds. The minimum absolute atomic E-state index is 0.0292. The van der Waals surface area contributed by atoms with Crippen molar-refractivity contribution in [3.05, 3.63) is 54.3 Å². The molecular formula is C24H27ClN6O. The van der Waals surface area contributed by atoms with Crippen LogP contribution in [0.3, 0.4) is 0 Å². The van der Waals surface area contributed by atoms with Crippen LogP contribution in [0.15, 0.2) is 49.3 Å². The van der Waals surface area contributed by atoms with Crippen molar-refractivity contribution in [1.29, 1.82) is 0 Å². The number of para-hydroxylation sites is 1. The molecule has 3 aromatic rings. The van der Waals surface area contributed by atoms with E-state index in [0.717, 1.165) is 67.6 Å². The van der Waals surface area contributed by atoms with Gasteiger partial charge in [-0.05, 0) is 31.4 Å². The Kier molecular flexibility index (Phi) is 5.85. The molecule has 1 aliphatic carbocycles. The molecule has 1 saturated carbocycles. The standard InChI is InChI=1S/C24H27ClN6O/c1-2-22(32)31-11-9-30(10-12-31)17-8-7-16(13-17)28-24-27-15-20(25)23(29-24)19-14-26-21-6-4-3-5-18(19)21/h2-6,14-17,26H,1,7-13H2,(H,27,28,29)/t16-,17+/m0/s1. The molecule has 1 saturated heterocycles. The molecule has 2 atom stereocenters. The number of benzene rings is 1. The summed E-state index contributed by atoms with van der Waals surface area (Å²) in [7, 11) is 0. The van der Waals surface area contributed by atoms with E-state index in [1.54, 1.807) is 6.20 Å². The number of halogens is 1. The summed E-state index contributed by atoms with van der Waals surface area (Å²) >= 11 is 6.47. The first-order valence-corrected chi connectivity index (χ1v) is 11.5. The minimum Gasteiger partial charge on any atom is -0.360 e. The summed E-state index contributed by atoms with van der Waals surface area (Å²) in [5.74, 6) is 0.642. The third-order valence-electron chi connectivity index (χ3n) is 6.64. The molecule has 1 aliphatic heterocycles. The second-order valence-corrected chi connectivity index (χ2v) is 8.92. The maximum atomic E-state index is 11.8. The van der Waals surface area contributed by atoms with Crippen molar-refractivity contribution in [3.8, 4) is 11.3 Å². The highest BCUT2D eigenvalue weighted by Gasteiger charge is 2.32. The summed E-state index contributed by atoms with van der Waals surface area (Å²) in [4.78, 5) is 28.7. The Morgan fingerprint density at radius 2 is 2.03 bits per heavy atom. The van der Waals surface area contributed by atoms with Crippen molar-refractivity contribution in [3.63, 3.8) is 0 Å². The molecule has 2 N–H and O–H groups in total. The van der Waals surface area contributed by atoms with Crippen LogP contribution in [-0.4, -0.2) is 68.9 Å². The first-order chi connectivity index (χ1) is 15.6. The van der Waals surface area contributed by atoms with Gasteiger partial charge in [0.05, 0.1) is 16.9 Å². The average Bonchev–Trinajstić information content (AvgIpc) is 3.47. The molecule has 7 nitrogen and oxygen atoms in total. The number of H-pyrrole nitrogens is 1. The number of carbonyl (C=O) groups is 1. The van der Waals surface area contributed by atoms with E-state index in [0.29, 0.717) is 23.1 Å². The number of amides is 1. The molecule has 3 heterocycles. The topological polar surface area (TPSA) is 77.2 Å². The SMILES string of the molecule is C=CC(=O)N1CCN([C@@H]2CC[C@H](Nc3ncc(Cl)c(-c4c[nH]c5ccccc45)n3)C2)CC1. The molecule has 0 radical (unpaired) electrons. The molecule has 8 heteroatoms. The van der Waals surface area contributed by atoms with E-state index in [1.165, 1.54) is 6.08 Å². The molecule has 1 aromatic carbocycles. The lowest BCUT2D eigenvalue weighted by Crippen LogP contribution is -2.51. The van der Waals surface area contributed by atoms with E-state index in [1.807, 2.05) is 29.3 Å². The van der Waals surface area contributed by atoms with E-state index < -0.39 is 0 Å². The van der Waals surface area contributed by atoms with Gasteiger partial charge in [0.1, 0.15) is 0 Å². The van der Waals surface area contributed by atoms with Gasteiger partial charge in [-0.15, -0.1) is 0 Å². The van der Waals surface area contributed by atoms with Crippen molar-refractivity contribution in [1.82, 2.24) is 24.8 Å². The number of nitrogens with one attached hydrogen (secondary N) is 2. The number of aromatic amines is 1. The van der Waals surface area contributed by atoms with E-state index in [2.05, 4.69) is 32.8 Å². The van der Waals surface area contributed by atoms with Crippen molar-refractivity contribution < 1.29 is 4.79 Å². The van der Waals surface area contributed by atoms with Crippen LogP contribution in [0.2, 0.25) is 5.02 Å². The van der Waals surface area contributed by atoms with E-state index >= 15 is 0 Å². The van der Waals surface area contributed by atoms with Crippen molar-refractivity contribution >= 4 is 34.4 Å². The monoisotopic (exact) mass is 450 g/mol. The van der Waals surface area contributed by atoms with Gasteiger partial charge in [-0.25, -0.2) is 9.97 Å². The number of piperazine rings is 1. The smallest absolute Gasteiger partial charge is 0.246 e. The predicted molar refractivity (Wildman–Crippen MR) is 128 cm³/mol. The van der Waals surface area contributed by atoms with Gasteiger partial charge < -0.3 is 15.2 Å². The maximum absolute atomic E-state index is 11.8. The van der Waals surface area contributed by atoms with Crippen molar-refractivity contribution in [2.75, 3.05) is 31.5 Å². The highest BCUT2D eigenvalue weighted by Crippen LogP contribution is 2.33. The highest BCUT2D eigenvalue weighted by atomic mass is 35.5. The van der Waals surface area contributed by atoms with Gasteiger partial charge in [-0.3, -0.25) is 9.69 Å². The van der Waals surface area contributed by atoms with E-state index in [-0.39, 0.29) is 5.91 Å². The number of fused-ring (bicyclic) bond motifs is 1. The zero-order chi connectivity index (χ0) is 22.1. The lowest BCUT2D eigenvalue weighted by atomic mass is 10.1. The summed E-state index contributed by atoms with van der Waals surface area (Å²) in [6, 6.07) is 8.97. The molecule has 2 aliphatic rings. The lowest BCUT2D eigenvalue weighted by Gasteiger charge is -2.37. The predicted octanol–water partition coefficient (Wildman–Crippen LogP) is 3.94. The van der Waals surface area contributed by atoms with Crippen LogP contribution in [0.4, 0.5) is 5.95 Å². The Bertz CT molecular complexity index is 1140. The van der Waals surface area contributed by atoms with Crippen molar-refractivity contribution in [2.45, 2.75) is 31.3 Å². The summed E-state index contributed by atoms with van der Waals surface area (Å²) in [6.07, 6.45) is 8.29. The normalized spacial score (nSPS) is 21.7. The second kappa shape index (κ2) is 8.92. The highest BCUT2D eigenvalue weighted by molar-refractivity contribution is 6.33. The van der Waals surface area contributed by atoms with Crippen LogP contribution in [0.1, 0.15) is 19.3 Å².